The lowest BCUT2D eigenvalue weighted by molar-refractivity contribution is -0.138. The second kappa shape index (κ2) is 10.7. The Morgan fingerprint density at radius 3 is 2.55 bits per heavy atom. The van der Waals surface area contributed by atoms with Crippen LogP contribution in [0.25, 0.3) is 17.0 Å². The van der Waals surface area contributed by atoms with Crippen LogP contribution in [0.1, 0.15) is 16.7 Å². The van der Waals surface area contributed by atoms with Crippen LogP contribution in [0.5, 0.6) is 0 Å². The number of aliphatic hydroxyl groups is 1. The van der Waals surface area contributed by atoms with E-state index in [1.54, 1.807) is 35.5 Å². The van der Waals surface area contributed by atoms with Gasteiger partial charge in [0.25, 0.3) is 5.91 Å². The summed E-state index contributed by atoms with van der Waals surface area (Å²) in [4.78, 5) is 28.0. The minimum Gasteiger partial charge on any atom is -0.395 e. The first-order valence-electron chi connectivity index (χ1n) is 11.8. The fraction of sp³-hybridized carbons (Fsp3) is 0.320. The van der Waals surface area contributed by atoms with Gasteiger partial charge in [-0.05, 0) is 53.2 Å². The van der Waals surface area contributed by atoms with Crippen molar-refractivity contribution in [1.82, 2.24) is 24.7 Å². The number of fused-ring (bicyclic) bond motifs is 1. The molecular weight excluding hydrogens is 543 g/mol. The summed E-state index contributed by atoms with van der Waals surface area (Å²) in [5.41, 5.74) is 0.523. The molecule has 1 N–H and O–H groups in total. The number of alkyl halides is 3. The molecule has 0 radical (unpaired) electrons. The van der Waals surface area contributed by atoms with Gasteiger partial charge in [-0.2, -0.15) is 23.3 Å². The molecule has 5 rings (SSSR count). The standard InChI is InChI=1S/C25H23ClF3N5O3S/c26-19-3-2-17(20(13-19)25(27,28)29)15-33-21-4-1-16(11-18(21)14-30-33)12-22-23(36)34(24(37)38-22)32-7-5-31(6-8-32)9-10-35/h1-4,11-14,35H,5-10,15H2. The Labute approximate surface area is 225 Å². The molecule has 3 aromatic rings. The molecule has 1 aromatic heterocycles. The van der Waals surface area contributed by atoms with Crippen molar-refractivity contribution in [2.24, 2.45) is 0 Å². The zero-order valence-electron chi connectivity index (χ0n) is 20.0. The summed E-state index contributed by atoms with van der Waals surface area (Å²) in [6, 6.07) is 8.89. The number of hydrogen-bond acceptors (Lipinski definition) is 7. The molecule has 2 saturated heterocycles. The van der Waals surface area contributed by atoms with Crippen LogP contribution in [0.3, 0.4) is 0 Å². The summed E-state index contributed by atoms with van der Waals surface area (Å²) in [7, 11) is 0. The molecule has 2 amide bonds. The molecule has 8 nitrogen and oxygen atoms in total. The number of carbonyl (C=O) groups excluding carboxylic acids is 2. The van der Waals surface area contributed by atoms with Gasteiger partial charge in [-0.3, -0.25) is 19.2 Å². The average Bonchev–Trinajstić information content (AvgIpc) is 3.39. The fourth-order valence-electron chi connectivity index (χ4n) is 4.59. The molecule has 2 aliphatic rings. The van der Waals surface area contributed by atoms with Crippen LogP contribution in [0, 0.1) is 0 Å². The van der Waals surface area contributed by atoms with Crippen molar-refractivity contribution in [2.75, 3.05) is 39.3 Å². The maximum Gasteiger partial charge on any atom is 0.416 e. The second-order valence-corrected chi connectivity index (χ2v) is 10.4. The quantitative estimate of drug-likeness (QED) is 0.446. The number of halogens is 4. The molecule has 2 fully saturated rings. The lowest BCUT2D eigenvalue weighted by atomic mass is 10.1. The molecule has 0 saturated carbocycles. The minimum atomic E-state index is -4.55. The highest BCUT2D eigenvalue weighted by molar-refractivity contribution is 8.18. The maximum absolute atomic E-state index is 13.5. The Morgan fingerprint density at radius 1 is 1.08 bits per heavy atom. The summed E-state index contributed by atoms with van der Waals surface area (Å²) in [5.74, 6) is -0.395. The van der Waals surface area contributed by atoms with Gasteiger partial charge in [0.15, 0.2) is 0 Å². The van der Waals surface area contributed by atoms with Crippen LogP contribution in [-0.2, 0) is 17.5 Å². The number of carbonyl (C=O) groups is 2. The Morgan fingerprint density at radius 2 is 1.84 bits per heavy atom. The fourth-order valence-corrected chi connectivity index (χ4v) is 5.60. The lowest BCUT2D eigenvalue weighted by Crippen LogP contribution is -2.55. The molecule has 0 atom stereocenters. The van der Waals surface area contributed by atoms with Gasteiger partial charge in [0, 0.05) is 43.1 Å². The van der Waals surface area contributed by atoms with Crippen molar-refractivity contribution in [3.8, 4) is 0 Å². The topological polar surface area (TPSA) is 81.9 Å². The normalized spacial score (nSPS) is 18.9. The van der Waals surface area contributed by atoms with Crippen LogP contribution in [-0.4, -0.2) is 80.3 Å². The SMILES string of the molecule is O=C1SC(=Cc2ccc3c(cnn3Cc3ccc(Cl)cc3C(F)(F)F)c2)C(=O)N1N1CCN(CCO)CC1. The summed E-state index contributed by atoms with van der Waals surface area (Å²) >= 11 is 6.65. The van der Waals surface area contributed by atoms with Crippen LogP contribution < -0.4 is 0 Å². The predicted octanol–water partition coefficient (Wildman–Crippen LogP) is 4.32. The number of β-amino-alcohol motifs (C(OH)–C–C–N with tert-alkyl or cyclic N) is 1. The van der Waals surface area contributed by atoms with E-state index in [4.69, 9.17) is 16.7 Å². The number of hydrogen-bond donors (Lipinski definition) is 1. The molecule has 2 aliphatic heterocycles. The Bertz CT molecular complexity index is 1420. The molecule has 0 bridgehead atoms. The van der Waals surface area contributed by atoms with Gasteiger partial charge >= 0.3 is 11.4 Å². The molecule has 200 valence electrons. The second-order valence-electron chi connectivity index (χ2n) is 8.93. The minimum absolute atomic E-state index is 0.00408. The lowest BCUT2D eigenvalue weighted by Gasteiger charge is -2.37. The van der Waals surface area contributed by atoms with Crippen LogP contribution in [0.2, 0.25) is 5.02 Å². The van der Waals surface area contributed by atoms with Crippen LogP contribution in [0.15, 0.2) is 47.5 Å². The van der Waals surface area contributed by atoms with E-state index in [1.807, 2.05) is 0 Å². The number of aromatic nitrogens is 2. The first-order chi connectivity index (χ1) is 18.1. The van der Waals surface area contributed by atoms with E-state index < -0.39 is 17.6 Å². The molecule has 13 heteroatoms. The van der Waals surface area contributed by atoms with Gasteiger partial charge in [-0.25, -0.2) is 5.01 Å². The van der Waals surface area contributed by atoms with Gasteiger partial charge in [-0.1, -0.05) is 23.7 Å². The van der Waals surface area contributed by atoms with Gasteiger partial charge in [0.2, 0.25) is 0 Å². The number of imide groups is 1. The van der Waals surface area contributed by atoms with E-state index >= 15 is 0 Å². The zero-order valence-corrected chi connectivity index (χ0v) is 21.6. The van der Waals surface area contributed by atoms with Crippen molar-refractivity contribution in [1.29, 1.82) is 0 Å². The number of hydrazine groups is 1. The maximum atomic E-state index is 13.5. The average molecular weight is 566 g/mol. The third-order valence-electron chi connectivity index (χ3n) is 6.48. The number of amides is 2. The number of thioether (sulfide) groups is 1. The van der Waals surface area contributed by atoms with E-state index in [2.05, 4.69) is 10.00 Å². The van der Waals surface area contributed by atoms with Crippen LogP contribution >= 0.6 is 23.4 Å². The monoisotopic (exact) mass is 565 g/mol. The van der Waals surface area contributed by atoms with Crippen molar-refractivity contribution in [3.05, 3.63) is 69.2 Å². The Balaban J connectivity index is 1.34. The highest BCUT2D eigenvalue weighted by Gasteiger charge is 2.40. The van der Waals surface area contributed by atoms with Gasteiger partial charge < -0.3 is 5.11 Å². The highest BCUT2D eigenvalue weighted by atomic mass is 35.5. The molecule has 3 heterocycles. The smallest absolute Gasteiger partial charge is 0.395 e. The summed E-state index contributed by atoms with van der Waals surface area (Å²) in [6.45, 7) is 2.80. The summed E-state index contributed by atoms with van der Waals surface area (Å²) < 4.78 is 42.0. The molecular formula is C25H23ClF3N5O3S. The largest absolute Gasteiger partial charge is 0.416 e. The van der Waals surface area contributed by atoms with E-state index in [0.29, 0.717) is 49.2 Å². The summed E-state index contributed by atoms with van der Waals surface area (Å²) in [6.07, 6.45) is -1.37. The third-order valence-corrected chi connectivity index (χ3v) is 7.58. The van der Waals surface area contributed by atoms with Gasteiger partial charge in [0.1, 0.15) is 0 Å². The van der Waals surface area contributed by atoms with Crippen molar-refractivity contribution in [2.45, 2.75) is 12.7 Å². The van der Waals surface area contributed by atoms with E-state index in [1.165, 1.54) is 21.8 Å². The van der Waals surface area contributed by atoms with Crippen molar-refractivity contribution in [3.63, 3.8) is 0 Å². The Kier molecular flexibility index (Phi) is 7.51. The highest BCUT2D eigenvalue weighted by Crippen LogP contribution is 2.36. The van der Waals surface area contributed by atoms with Gasteiger partial charge in [0.05, 0.1) is 35.3 Å². The predicted molar refractivity (Wildman–Crippen MR) is 138 cm³/mol. The number of rotatable bonds is 6. The zero-order chi connectivity index (χ0) is 27.0. The summed E-state index contributed by atoms with van der Waals surface area (Å²) in [5, 5.41) is 16.6. The van der Waals surface area contributed by atoms with Crippen molar-refractivity contribution >= 4 is 51.5 Å². The van der Waals surface area contributed by atoms with Gasteiger partial charge in [-0.15, -0.1) is 0 Å². The molecule has 0 spiro atoms. The number of piperazine rings is 1. The van der Waals surface area contributed by atoms with E-state index in [0.717, 1.165) is 17.8 Å². The number of nitrogens with zero attached hydrogens (tertiary/aromatic N) is 5. The molecule has 2 aromatic carbocycles. The van der Waals surface area contributed by atoms with E-state index in [9.17, 15) is 22.8 Å². The van der Waals surface area contributed by atoms with Crippen LogP contribution in [0.4, 0.5) is 18.0 Å². The number of benzene rings is 2. The molecule has 0 unspecified atom stereocenters. The molecule has 38 heavy (non-hydrogen) atoms. The van der Waals surface area contributed by atoms with Crippen molar-refractivity contribution < 1.29 is 27.9 Å². The molecule has 0 aliphatic carbocycles. The first kappa shape index (κ1) is 26.7. The first-order valence-corrected chi connectivity index (χ1v) is 13.0. The Hall–Kier alpha value is -2.90. The third kappa shape index (κ3) is 5.45. The number of aliphatic hydroxyl groups excluding tert-OH is 1. The van der Waals surface area contributed by atoms with E-state index in [-0.39, 0.29) is 33.9 Å².